The molecule has 0 aliphatic carbocycles. The fraction of sp³-hybridized carbons (Fsp3) is 0.625. The smallest absolute Gasteiger partial charge is 0.224 e. The highest BCUT2D eigenvalue weighted by molar-refractivity contribution is 7.10. The number of fused-ring (bicyclic) bond motifs is 1. The van der Waals surface area contributed by atoms with Crippen molar-refractivity contribution in [2.75, 3.05) is 13.1 Å². The Labute approximate surface area is 130 Å². The Kier molecular flexibility index (Phi) is 5.79. The van der Waals surface area contributed by atoms with Crippen LogP contribution >= 0.6 is 11.3 Å². The van der Waals surface area contributed by atoms with Gasteiger partial charge in [0, 0.05) is 36.9 Å². The number of thiophene rings is 1. The second kappa shape index (κ2) is 7.59. The minimum Gasteiger partial charge on any atom is -0.355 e. The molecule has 116 valence electrons. The molecule has 0 spiro atoms. The van der Waals surface area contributed by atoms with Crippen molar-refractivity contribution < 1.29 is 9.59 Å². The van der Waals surface area contributed by atoms with Crippen LogP contribution in [0, 0.1) is 5.92 Å². The molecule has 0 atom stereocenters. The molecule has 0 bridgehead atoms. The zero-order valence-corrected chi connectivity index (χ0v) is 13.7. The first kappa shape index (κ1) is 16.0. The van der Waals surface area contributed by atoms with Crippen LogP contribution in [0.1, 0.15) is 43.6 Å². The van der Waals surface area contributed by atoms with Gasteiger partial charge >= 0.3 is 0 Å². The highest BCUT2D eigenvalue weighted by Gasteiger charge is 2.21. The fourth-order valence-electron chi connectivity index (χ4n) is 2.72. The van der Waals surface area contributed by atoms with Gasteiger partial charge < -0.3 is 10.2 Å². The Morgan fingerprint density at radius 2 is 2.14 bits per heavy atom. The Morgan fingerprint density at radius 3 is 2.86 bits per heavy atom. The molecule has 2 rings (SSSR count). The standard InChI is InChI=1S/C16H24N2O2S/c1-3-12(4-2)16(20)17-8-5-15(19)18-9-6-14-13(11-18)7-10-21-14/h7,10,12H,3-6,8-9,11H2,1-2H3,(H,17,20). The molecule has 1 aromatic rings. The largest absolute Gasteiger partial charge is 0.355 e. The first-order valence-electron chi connectivity index (χ1n) is 7.76. The third-order valence-corrected chi connectivity index (χ3v) is 5.18. The van der Waals surface area contributed by atoms with Crippen LogP contribution in [0.2, 0.25) is 0 Å². The Hall–Kier alpha value is -1.36. The summed E-state index contributed by atoms with van der Waals surface area (Å²) in [4.78, 5) is 27.4. The van der Waals surface area contributed by atoms with Crippen molar-refractivity contribution in [2.24, 2.45) is 5.92 Å². The van der Waals surface area contributed by atoms with Crippen molar-refractivity contribution in [3.63, 3.8) is 0 Å². The summed E-state index contributed by atoms with van der Waals surface area (Å²) in [5.41, 5.74) is 1.28. The van der Waals surface area contributed by atoms with Crippen molar-refractivity contribution in [3.8, 4) is 0 Å². The van der Waals surface area contributed by atoms with Gasteiger partial charge in [0.05, 0.1) is 0 Å². The number of amides is 2. The third-order valence-electron chi connectivity index (χ3n) is 4.15. The molecule has 0 saturated heterocycles. The molecule has 0 radical (unpaired) electrons. The Morgan fingerprint density at radius 1 is 1.38 bits per heavy atom. The molecule has 1 aromatic heterocycles. The van der Waals surface area contributed by atoms with Crippen molar-refractivity contribution in [1.82, 2.24) is 10.2 Å². The lowest BCUT2D eigenvalue weighted by atomic mass is 10.0. The predicted octanol–water partition coefficient (Wildman–Crippen LogP) is 2.58. The van der Waals surface area contributed by atoms with Gasteiger partial charge in [0.25, 0.3) is 0 Å². The van der Waals surface area contributed by atoms with Gasteiger partial charge in [-0.15, -0.1) is 11.3 Å². The molecular formula is C16H24N2O2S. The second-order valence-electron chi connectivity index (χ2n) is 5.49. The Bertz CT molecular complexity index is 494. The Balaban J connectivity index is 1.74. The van der Waals surface area contributed by atoms with Crippen LogP contribution in [0.3, 0.4) is 0 Å². The average Bonchev–Trinajstić information content (AvgIpc) is 2.95. The molecule has 4 nitrogen and oxygen atoms in total. The summed E-state index contributed by atoms with van der Waals surface area (Å²) >= 11 is 1.77. The normalized spacial score (nSPS) is 14.1. The summed E-state index contributed by atoms with van der Waals surface area (Å²) in [5.74, 6) is 0.284. The van der Waals surface area contributed by atoms with Gasteiger partial charge in [-0.3, -0.25) is 9.59 Å². The molecule has 1 N–H and O–H groups in total. The molecule has 2 heterocycles. The quantitative estimate of drug-likeness (QED) is 0.878. The van der Waals surface area contributed by atoms with Gasteiger partial charge in [-0.25, -0.2) is 0 Å². The van der Waals surface area contributed by atoms with Crippen LogP contribution in [0.4, 0.5) is 0 Å². The van der Waals surface area contributed by atoms with Gasteiger partial charge in [-0.2, -0.15) is 0 Å². The summed E-state index contributed by atoms with van der Waals surface area (Å²) in [5, 5.41) is 4.98. The summed E-state index contributed by atoms with van der Waals surface area (Å²) in [7, 11) is 0. The minimum atomic E-state index is 0.0726. The molecule has 0 fully saturated rings. The van der Waals surface area contributed by atoms with Gasteiger partial charge in [-0.05, 0) is 36.3 Å². The van der Waals surface area contributed by atoms with Gasteiger partial charge in [0.15, 0.2) is 0 Å². The predicted molar refractivity (Wildman–Crippen MR) is 85.1 cm³/mol. The van der Waals surface area contributed by atoms with E-state index in [1.165, 1.54) is 10.4 Å². The molecular weight excluding hydrogens is 284 g/mol. The van der Waals surface area contributed by atoms with E-state index in [0.717, 1.165) is 32.4 Å². The van der Waals surface area contributed by atoms with Crippen LogP contribution in [0.25, 0.3) is 0 Å². The number of carbonyl (C=O) groups excluding carboxylic acids is 2. The number of nitrogens with zero attached hydrogens (tertiary/aromatic N) is 1. The van der Waals surface area contributed by atoms with E-state index in [-0.39, 0.29) is 17.7 Å². The summed E-state index contributed by atoms with van der Waals surface area (Å²) in [6.07, 6.45) is 3.05. The third kappa shape index (κ3) is 4.06. The van der Waals surface area contributed by atoms with Crippen molar-refractivity contribution in [1.29, 1.82) is 0 Å². The first-order valence-corrected chi connectivity index (χ1v) is 8.64. The summed E-state index contributed by atoms with van der Waals surface area (Å²) in [6, 6.07) is 2.11. The number of nitrogens with one attached hydrogen (secondary N) is 1. The van der Waals surface area contributed by atoms with Crippen molar-refractivity contribution >= 4 is 23.2 Å². The highest BCUT2D eigenvalue weighted by Crippen LogP contribution is 2.24. The number of carbonyl (C=O) groups is 2. The first-order chi connectivity index (χ1) is 10.2. The molecule has 1 aliphatic rings. The van der Waals surface area contributed by atoms with Crippen LogP contribution in [0.15, 0.2) is 11.4 Å². The molecule has 5 heteroatoms. The maximum absolute atomic E-state index is 12.2. The maximum Gasteiger partial charge on any atom is 0.224 e. The van der Waals surface area contributed by atoms with E-state index in [1.54, 1.807) is 11.3 Å². The monoisotopic (exact) mass is 308 g/mol. The number of rotatable bonds is 6. The van der Waals surface area contributed by atoms with E-state index in [9.17, 15) is 9.59 Å². The van der Waals surface area contributed by atoms with Crippen molar-refractivity contribution in [2.45, 2.75) is 46.1 Å². The topological polar surface area (TPSA) is 49.4 Å². The molecule has 21 heavy (non-hydrogen) atoms. The number of hydrogen-bond donors (Lipinski definition) is 1. The lowest BCUT2D eigenvalue weighted by Gasteiger charge is -2.27. The van der Waals surface area contributed by atoms with E-state index >= 15 is 0 Å². The second-order valence-corrected chi connectivity index (χ2v) is 6.49. The van der Waals surface area contributed by atoms with Crippen molar-refractivity contribution in [3.05, 3.63) is 21.9 Å². The average molecular weight is 308 g/mol. The zero-order chi connectivity index (χ0) is 15.2. The molecule has 0 aromatic carbocycles. The SMILES string of the molecule is CCC(CC)C(=O)NCCC(=O)N1CCc2sccc2C1. The minimum absolute atomic E-state index is 0.0726. The van der Waals surface area contributed by atoms with Crippen LogP contribution < -0.4 is 5.32 Å². The van der Waals surface area contributed by atoms with Crippen LogP contribution in [-0.2, 0) is 22.6 Å². The summed E-state index contributed by atoms with van der Waals surface area (Å²) < 4.78 is 0. The highest BCUT2D eigenvalue weighted by atomic mass is 32.1. The van der Waals surface area contributed by atoms with Crippen LogP contribution in [-0.4, -0.2) is 29.8 Å². The number of hydrogen-bond acceptors (Lipinski definition) is 3. The van der Waals surface area contributed by atoms with Gasteiger partial charge in [-0.1, -0.05) is 13.8 Å². The molecule has 0 saturated carbocycles. The molecule has 0 unspecified atom stereocenters. The fourth-order valence-corrected chi connectivity index (χ4v) is 3.61. The summed E-state index contributed by atoms with van der Waals surface area (Å²) in [6.45, 7) is 6.00. The van der Waals surface area contributed by atoms with E-state index in [1.807, 2.05) is 18.7 Å². The van der Waals surface area contributed by atoms with E-state index in [2.05, 4.69) is 16.8 Å². The molecule has 1 aliphatic heterocycles. The lowest BCUT2D eigenvalue weighted by molar-refractivity contribution is -0.132. The zero-order valence-electron chi connectivity index (χ0n) is 12.9. The van der Waals surface area contributed by atoms with E-state index in [4.69, 9.17) is 0 Å². The maximum atomic E-state index is 12.2. The van der Waals surface area contributed by atoms with E-state index < -0.39 is 0 Å². The molecule has 2 amide bonds. The van der Waals surface area contributed by atoms with Crippen LogP contribution in [0.5, 0.6) is 0 Å². The van der Waals surface area contributed by atoms with Gasteiger partial charge in [0.1, 0.15) is 0 Å². The van der Waals surface area contributed by atoms with Gasteiger partial charge in [0.2, 0.25) is 11.8 Å². The van der Waals surface area contributed by atoms with E-state index in [0.29, 0.717) is 13.0 Å². The lowest BCUT2D eigenvalue weighted by Crippen LogP contribution is -2.38.